The van der Waals surface area contributed by atoms with E-state index in [1.54, 1.807) is 4.31 Å². The highest BCUT2D eigenvalue weighted by atomic mass is 32.2. The highest BCUT2D eigenvalue weighted by Crippen LogP contribution is 2.18. The monoisotopic (exact) mass is 248 g/mol. The van der Waals surface area contributed by atoms with Crippen LogP contribution in [0.3, 0.4) is 0 Å². The Morgan fingerprint density at radius 2 is 2.19 bits per heavy atom. The molecule has 0 aromatic carbocycles. The molecule has 0 aliphatic carbocycles. The number of rotatable bonds is 5. The molecule has 0 bridgehead atoms. The standard InChI is InChI=1S/C11H24N2O2S/c1-4-10(2)12-8-11-6-5-7-13(9-11)16(3,14)15/h10-12H,4-9H2,1-3H3. The highest BCUT2D eigenvalue weighted by Gasteiger charge is 2.25. The molecule has 1 saturated heterocycles. The molecule has 0 saturated carbocycles. The van der Waals surface area contributed by atoms with E-state index in [4.69, 9.17) is 0 Å². The molecule has 96 valence electrons. The Balaban J connectivity index is 2.39. The summed E-state index contributed by atoms with van der Waals surface area (Å²) in [5.41, 5.74) is 0. The largest absolute Gasteiger partial charge is 0.314 e. The van der Waals surface area contributed by atoms with E-state index in [1.165, 1.54) is 6.26 Å². The third-order valence-corrected chi connectivity index (χ3v) is 4.59. The van der Waals surface area contributed by atoms with E-state index in [2.05, 4.69) is 19.2 Å². The molecule has 1 rings (SSSR count). The number of hydrogen-bond acceptors (Lipinski definition) is 3. The molecule has 1 aliphatic rings. The van der Waals surface area contributed by atoms with Crippen LogP contribution in [0.4, 0.5) is 0 Å². The predicted octanol–water partition coefficient (Wildman–Crippen LogP) is 1.05. The van der Waals surface area contributed by atoms with Gasteiger partial charge in [-0.15, -0.1) is 0 Å². The highest BCUT2D eigenvalue weighted by molar-refractivity contribution is 7.88. The second-order valence-electron chi connectivity index (χ2n) is 4.85. The molecule has 2 unspecified atom stereocenters. The Morgan fingerprint density at radius 3 is 2.75 bits per heavy atom. The molecule has 2 atom stereocenters. The van der Waals surface area contributed by atoms with E-state index in [0.717, 1.165) is 25.8 Å². The minimum absolute atomic E-state index is 0.470. The SMILES string of the molecule is CCC(C)NCC1CCCN(S(C)(=O)=O)C1. The van der Waals surface area contributed by atoms with Gasteiger partial charge in [0.25, 0.3) is 0 Å². The van der Waals surface area contributed by atoms with Gasteiger partial charge in [-0.2, -0.15) is 0 Å². The Hall–Kier alpha value is -0.130. The van der Waals surface area contributed by atoms with Gasteiger partial charge in [0.15, 0.2) is 0 Å². The van der Waals surface area contributed by atoms with Crippen molar-refractivity contribution in [3.63, 3.8) is 0 Å². The molecule has 0 aromatic rings. The van der Waals surface area contributed by atoms with Crippen molar-refractivity contribution < 1.29 is 8.42 Å². The zero-order valence-electron chi connectivity index (χ0n) is 10.6. The van der Waals surface area contributed by atoms with Crippen LogP contribution in [0.15, 0.2) is 0 Å². The van der Waals surface area contributed by atoms with E-state index < -0.39 is 10.0 Å². The summed E-state index contributed by atoms with van der Waals surface area (Å²) >= 11 is 0. The minimum atomic E-state index is -3.00. The number of nitrogens with one attached hydrogen (secondary N) is 1. The molecule has 5 heteroatoms. The summed E-state index contributed by atoms with van der Waals surface area (Å²) in [6, 6.07) is 0.522. The first kappa shape index (κ1) is 13.9. The fourth-order valence-corrected chi connectivity index (χ4v) is 2.95. The van der Waals surface area contributed by atoms with Crippen LogP contribution in [-0.2, 0) is 10.0 Å². The maximum Gasteiger partial charge on any atom is 0.211 e. The maximum atomic E-state index is 11.4. The molecular formula is C11H24N2O2S. The lowest BCUT2D eigenvalue weighted by Gasteiger charge is -2.31. The molecular weight excluding hydrogens is 224 g/mol. The quantitative estimate of drug-likeness (QED) is 0.791. The van der Waals surface area contributed by atoms with Gasteiger partial charge in [-0.3, -0.25) is 0 Å². The first-order valence-electron chi connectivity index (χ1n) is 6.12. The van der Waals surface area contributed by atoms with Crippen molar-refractivity contribution in [2.75, 3.05) is 25.9 Å². The lowest BCUT2D eigenvalue weighted by atomic mass is 9.99. The molecule has 1 fully saturated rings. The normalized spacial score (nSPS) is 25.6. The summed E-state index contributed by atoms with van der Waals surface area (Å²) < 4.78 is 24.5. The van der Waals surface area contributed by atoms with Crippen LogP contribution in [0, 0.1) is 5.92 Å². The Kier molecular flexibility index (Phi) is 5.21. The van der Waals surface area contributed by atoms with Crippen molar-refractivity contribution >= 4 is 10.0 Å². The van der Waals surface area contributed by atoms with Gasteiger partial charge in [0.05, 0.1) is 6.26 Å². The molecule has 4 nitrogen and oxygen atoms in total. The van der Waals surface area contributed by atoms with Gasteiger partial charge in [-0.1, -0.05) is 6.92 Å². The van der Waals surface area contributed by atoms with Gasteiger partial charge >= 0.3 is 0 Å². The zero-order valence-corrected chi connectivity index (χ0v) is 11.4. The number of piperidine rings is 1. The molecule has 0 amide bonds. The Morgan fingerprint density at radius 1 is 1.50 bits per heavy atom. The van der Waals surface area contributed by atoms with Crippen molar-refractivity contribution in [3.8, 4) is 0 Å². The van der Waals surface area contributed by atoms with Crippen LogP contribution in [0.5, 0.6) is 0 Å². The topological polar surface area (TPSA) is 49.4 Å². The molecule has 1 heterocycles. The van der Waals surface area contributed by atoms with E-state index >= 15 is 0 Å². The van der Waals surface area contributed by atoms with Gasteiger partial charge in [-0.05, 0) is 38.6 Å². The summed E-state index contributed by atoms with van der Waals surface area (Å²) in [5, 5.41) is 3.45. The molecule has 0 radical (unpaired) electrons. The fourth-order valence-electron chi connectivity index (χ4n) is 2.01. The van der Waals surface area contributed by atoms with Crippen LogP contribution < -0.4 is 5.32 Å². The van der Waals surface area contributed by atoms with Gasteiger partial charge in [0.2, 0.25) is 10.0 Å². The summed E-state index contributed by atoms with van der Waals surface area (Å²) in [5.74, 6) is 0.470. The van der Waals surface area contributed by atoms with Crippen molar-refractivity contribution in [1.29, 1.82) is 0 Å². The lowest BCUT2D eigenvalue weighted by Crippen LogP contribution is -2.43. The second-order valence-corrected chi connectivity index (χ2v) is 6.83. The third-order valence-electron chi connectivity index (χ3n) is 3.32. The van der Waals surface area contributed by atoms with Crippen molar-refractivity contribution in [3.05, 3.63) is 0 Å². The van der Waals surface area contributed by atoms with E-state index in [0.29, 0.717) is 25.0 Å². The van der Waals surface area contributed by atoms with Crippen LogP contribution in [-0.4, -0.2) is 44.7 Å². The molecule has 1 N–H and O–H groups in total. The van der Waals surface area contributed by atoms with Crippen molar-refractivity contribution in [1.82, 2.24) is 9.62 Å². The van der Waals surface area contributed by atoms with Gasteiger partial charge in [-0.25, -0.2) is 12.7 Å². The average molecular weight is 248 g/mol. The number of hydrogen-bond donors (Lipinski definition) is 1. The number of sulfonamides is 1. The number of nitrogens with zero attached hydrogens (tertiary/aromatic N) is 1. The molecule has 0 aromatic heterocycles. The van der Waals surface area contributed by atoms with E-state index in [1.807, 2.05) is 0 Å². The third kappa shape index (κ3) is 4.39. The Bertz CT molecular complexity index is 303. The van der Waals surface area contributed by atoms with Crippen LogP contribution in [0.1, 0.15) is 33.1 Å². The molecule has 16 heavy (non-hydrogen) atoms. The molecule has 0 spiro atoms. The average Bonchev–Trinajstić information content (AvgIpc) is 2.25. The van der Waals surface area contributed by atoms with Crippen molar-refractivity contribution in [2.24, 2.45) is 5.92 Å². The maximum absolute atomic E-state index is 11.4. The Labute approximate surface area is 99.5 Å². The van der Waals surface area contributed by atoms with E-state index in [-0.39, 0.29) is 0 Å². The first-order chi connectivity index (χ1) is 7.43. The van der Waals surface area contributed by atoms with E-state index in [9.17, 15) is 8.42 Å². The second kappa shape index (κ2) is 5.98. The minimum Gasteiger partial charge on any atom is -0.314 e. The van der Waals surface area contributed by atoms with Crippen LogP contribution in [0.25, 0.3) is 0 Å². The summed E-state index contributed by atoms with van der Waals surface area (Å²) in [7, 11) is -3.00. The first-order valence-corrected chi connectivity index (χ1v) is 7.96. The van der Waals surface area contributed by atoms with Gasteiger partial charge in [0.1, 0.15) is 0 Å². The van der Waals surface area contributed by atoms with Gasteiger partial charge < -0.3 is 5.32 Å². The van der Waals surface area contributed by atoms with Gasteiger partial charge in [0, 0.05) is 19.1 Å². The van der Waals surface area contributed by atoms with Crippen molar-refractivity contribution in [2.45, 2.75) is 39.2 Å². The fraction of sp³-hybridized carbons (Fsp3) is 1.00. The van der Waals surface area contributed by atoms with Crippen LogP contribution >= 0.6 is 0 Å². The predicted molar refractivity (Wildman–Crippen MR) is 66.9 cm³/mol. The lowest BCUT2D eigenvalue weighted by molar-refractivity contribution is 0.256. The zero-order chi connectivity index (χ0) is 12.2. The van der Waals surface area contributed by atoms with Crippen LogP contribution in [0.2, 0.25) is 0 Å². The smallest absolute Gasteiger partial charge is 0.211 e. The summed E-state index contributed by atoms with van der Waals surface area (Å²) in [4.78, 5) is 0. The summed E-state index contributed by atoms with van der Waals surface area (Å²) in [6.45, 7) is 6.63. The summed E-state index contributed by atoms with van der Waals surface area (Å²) in [6.07, 6.45) is 4.54. The molecule has 1 aliphatic heterocycles.